The summed E-state index contributed by atoms with van der Waals surface area (Å²) < 4.78 is 7.55. The van der Waals surface area contributed by atoms with Gasteiger partial charge in [0.2, 0.25) is 0 Å². The van der Waals surface area contributed by atoms with Crippen LogP contribution in [0.2, 0.25) is 0 Å². The van der Waals surface area contributed by atoms with E-state index in [0.29, 0.717) is 6.42 Å². The van der Waals surface area contributed by atoms with Gasteiger partial charge in [-0.15, -0.1) is 0 Å². The Bertz CT molecular complexity index is 593. The molecule has 0 spiro atoms. The number of carbonyl (C=O) groups is 1. The number of carboxylic acid groups (broad SMARTS) is 1. The van der Waals surface area contributed by atoms with E-state index < -0.39 is 5.97 Å². The molecule has 7 nitrogen and oxygen atoms in total. The van der Waals surface area contributed by atoms with E-state index in [4.69, 9.17) is 9.84 Å². The van der Waals surface area contributed by atoms with Crippen LogP contribution in [-0.4, -0.2) is 75.6 Å². The van der Waals surface area contributed by atoms with Gasteiger partial charge in [-0.05, 0) is 26.3 Å². The van der Waals surface area contributed by atoms with Gasteiger partial charge >= 0.3 is 5.97 Å². The van der Waals surface area contributed by atoms with Crippen molar-refractivity contribution in [1.82, 2.24) is 19.6 Å². The van der Waals surface area contributed by atoms with Gasteiger partial charge in [0.15, 0.2) is 0 Å². The molecule has 0 saturated carbocycles. The van der Waals surface area contributed by atoms with Gasteiger partial charge in [0.25, 0.3) is 0 Å². The molecule has 25 heavy (non-hydrogen) atoms. The molecule has 1 aromatic rings. The molecular weight excluding hydrogens is 320 g/mol. The maximum absolute atomic E-state index is 10.8. The third-order valence-electron chi connectivity index (χ3n) is 5.22. The molecule has 0 aliphatic carbocycles. The van der Waals surface area contributed by atoms with Crippen LogP contribution in [0.3, 0.4) is 0 Å². The summed E-state index contributed by atoms with van der Waals surface area (Å²) in [7, 11) is 0. The van der Waals surface area contributed by atoms with Gasteiger partial charge < -0.3 is 9.84 Å². The molecular formula is C18H30N4O3. The Labute approximate surface area is 149 Å². The Morgan fingerprint density at radius 3 is 2.76 bits per heavy atom. The number of carboxylic acids is 1. The van der Waals surface area contributed by atoms with E-state index in [1.54, 1.807) is 0 Å². The Morgan fingerprint density at radius 1 is 1.28 bits per heavy atom. The average Bonchev–Trinajstić information content (AvgIpc) is 2.86. The summed E-state index contributed by atoms with van der Waals surface area (Å²) in [6.07, 6.45) is 1.73. The highest BCUT2D eigenvalue weighted by Crippen LogP contribution is 2.21. The minimum Gasteiger partial charge on any atom is -0.481 e. The Balaban J connectivity index is 1.63. The summed E-state index contributed by atoms with van der Waals surface area (Å²) >= 11 is 0. The number of hydrogen-bond acceptors (Lipinski definition) is 5. The largest absolute Gasteiger partial charge is 0.481 e. The predicted molar refractivity (Wildman–Crippen MR) is 94.5 cm³/mol. The van der Waals surface area contributed by atoms with Gasteiger partial charge in [0, 0.05) is 51.2 Å². The van der Waals surface area contributed by atoms with Crippen LogP contribution in [0.4, 0.5) is 0 Å². The lowest BCUT2D eigenvalue weighted by molar-refractivity contribution is -0.136. The maximum atomic E-state index is 10.8. The highest BCUT2D eigenvalue weighted by atomic mass is 16.5. The zero-order valence-corrected chi connectivity index (χ0v) is 15.4. The van der Waals surface area contributed by atoms with Crippen molar-refractivity contribution in [3.8, 4) is 0 Å². The Morgan fingerprint density at radius 2 is 2.04 bits per heavy atom. The SMILES string of the molecule is CC(C)(CN1CCCn2nc(CCC(=O)O)cc2C1)N1CCOCC1. The van der Waals surface area contributed by atoms with E-state index in [9.17, 15) is 4.79 Å². The quantitative estimate of drug-likeness (QED) is 0.832. The number of nitrogens with zero attached hydrogens (tertiary/aromatic N) is 4. The molecule has 0 atom stereocenters. The minimum absolute atomic E-state index is 0.116. The minimum atomic E-state index is -0.767. The Kier molecular flexibility index (Phi) is 5.76. The van der Waals surface area contributed by atoms with Gasteiger partial charge in [-0.2, -0.15) is 5.10 Å². The van der Waals surface area contributed by atoms with Gasteiger partial charge in [-0.25, -0.2) is 0 Å². The second kappa shape index (κ2) is 7.85. The number of ether oxygens (including phenoxy) is 1. The van der Waals surface area contributed by atoms with Crippen LogP contribution in [0, 0.1) is 0 Å². The molecule has 3 rings (SSSR count). The van der Waals surface area contributed by atoms with Crippen LogP contribution < -0.4 is 0 Å². The van der Waals surface area contributed by atoms with Crippen molar-refractivity contribution >= 4 is 5.97 Å². The number of rotatable bonds is 6. The first-order valence-corrected chi connectivity index (χ1v) is 9.26. The van der Waals surface area contributed by atoms with Crippen molar-refractivity contribution in [1.29, 1.82) is 0 Å². The van der Waals surface area contributed by atoms with Crippen LogP contribution in [-0.2, 0) is 29.0 Å². The molecule has 0 amide bonds. The van der Waals surface area contributed by atoms with E-state index in [0.717, 1.165) is 64.6 Å². The summed E-state index contributed by atoms with van der Waals surface area (Å²) in [5.41, 5.74) is 2.22. The molecule has 2 aliphatic rings. The zero-order chi connectivity index (χ0) is 17.9. The Hall–Kier alpha value is -1.44. The molecule has 2 aliphatic heterocycles. The fraction of sp³-hybridized carbons (Fsp3) is 0.778. The standard InChI is InChI=1S/C18H30N4O3/c1-18(2,21-8-10-25-11-9-21)14-20-6-3-7-22-16(13-20)12-15(19-22)4-5-17(23)24/h12H,3-11,13-14H2,1-2H3,(H,23,24). The van der Waals surface area contributed by atoms with Crippen LogP contribution >= 0.6 is 0 Å². The van der Waals surface area contributed by atoms with E-state index in [1.165, 1.54) is 5.69 Å². The van der Waals surface area contributed by atoms with Gasteiger partial charge in [0.05, 0.1) is 31.0 Å². The zero-order valence-electron chi connectivity index (χ0n) is 15.4. The number of hydrogen-bond donors (Lipinski definition) is 1. The van der Waals surface area contributed by atoms with E-state index in [1.807, 2.05) is 0 Å². The fourth-order valence-electron chi connectivity index (χ4n) is 3.90. The fourth-order valence-corrected chi connectivity index (χ4v) is 3.90. The van der Waals surface area contributed by atoms with Crippen molar-refractivity contribution < 1.29 is 14.6 Å². The lowest BCUT2D eigenvalue weighted by atomic mass is 10.0. The third kappa shape index (κ3) is 4.80. The van der Waals surface area contributed by atoms with E-state index >= 15 is 0 Å². The van der Waals surface area contributed by atoms with Crippen molar-refractivity contribution in [2.24, 2.45) is 0 Å². The lowest BCUT2D eigenvalue weighted by Crippen LogP contribution is -2.55. The summed E-state index contributed by atoms with van der Waals surface area (Å²) in [6, 6.07) is 2.09. The number of aliphatic carboxylic acids is 1. The number of aromatic nitrogens is 2. The van der Waals surface area contributed by atoms with Crippen LogP contribution in [0.5, 0.6) is 0 Å². The van der Waals surface area contributed by atoms with Gasteiger partial charge in [0.1, 0.15) is 0 Å². The monoisotopic (exact) mass is 350 g/mol. The lowest BCUT2D eigenvalue weighted by Gasteiger charge is -2.43. The van der Waals surface area contributed by atoms with Gasteiger partial charge in [-0.1, -0.05) is 0 Å². The van der Waals surface area contributed by atoms with E-state index in [2.05, 4.69) is 39.5 Å². The third-order valence-corrected chi connectivity index (χ3v) is 5.22. The topological polar surface area (TPSA) is 70.8 Å². The maximum Gasteiger partial charge on any atom is 0.303 e. The second-order valence-corrected chi connectivity index (χ2v) is 7.72. The van der Waals surface area contributed by atoms with Crippen molar-refractivity contribution in [3.63, 3.8) is 0 Å². The molecule has 0 unspecified atom stereocenters. The first-order chi connectivity index (χ1) is 11.9. The smallest absolute Gasteiger partial charge is 0.303 e. The molecule has 140 valence electrons. The molecule has 1 saturated heterocycles. The first kappa shape index (κ1) is 18.4. The summed E-state index contributed by atoms with van der Waals surface area (Å²) in [5, 5.41) is 13.5. The highest BCUT2D eigenvalue weighted by molar-refractivity contribution is 5.66. The molecule has 3 heterocycles. The van der Waals surface area contributed by atoms with Crippen molar-refractivity contribution in [3.05, 3.63) is 17.5 Å². The molecule has 1 aromatic heterocycles. The number of aryl methyl sites for hydroxylation is 2. The predicted octanol–water partition coefficient (Wildman–Crippen LogP) is 1.22. The second-order valence-electron chi connectivity index (χ2n) is 7.72. The van der Waals surface area contributed by atoms with Crippen LogP contribution in [0.15, 0.2) is 6.07 Å². The summed E-state index contributed by atoms with van der Waals surface area (Å²) in [6.45, 7) is 12.2. The molecule has 0 radical (unpaired) electrons. The van der Waals surface area contributed by atoms with Gasteiger partial charge in [-0.3, -0.25) is 19.3 Å². The molecule has 1 fully saturated rings. The first-order valence-electron chi connectivity index (χ1n) is 9.26. The number of fused-ring (bicyclic) bond motifs is 1. The molecule has 1 N–H and O–H groups in total. The van der Waals surface area contributed by atoms with Crippen molar-refractivity contribution in [2.75, 3.05) is 39.4 Å². The van der Waals surface area contributed by atoms with E-state index in [-0.39, 0.29) is 12.0 Å². The van der Waals surface area contributed by atoms with Crippen molar-refractivity contribution in [2.45, 2.75) is 51.7 Å². The van der Waals surface area contributed by atoms with Crippen LogP contribution in [0.25, 0.3) is 0 Å². The summed E-state index contributed by atoms with van der Waals surface area (Å²) in [5.74, 6) is -0.767. The molecule has 0 bridgehead atoms. The summed E-state index contributed by atoms with van der Waals surface area (Å²) in [4.78, 5) is 15.8. The highest BCUT2D eigenvalue weighted by Gasteiger charge is 2.31. The average molecular weight is 350 g/mol. The molecule has 0 aromatic carbocycles. The number of morpholine rings is 1. The van der Waals surface area contributed by atoms with Crippen LogP contribution in [0.1, 0.15) is 38.1 Å². The normalized spacial score (nSPS) is 20.2. The molecule has 7 heteroatoms.